The van der Waals surface area contributed by atoms with Crippen molar-refractivity contribution in [1.29, 1.82) is 0 Å². The molecule has 3 N–H and O–H groups in total. The predicted octanol–water partition coefficient (Wildman–Crippen LogP) is 2.17. The number of nitrogens with zero attached hydrogens (tertiary/aromatic N) is 2. The lowest BCUT2D eigenvalue weighted by atomic mass is 10.1. The second kappa shape index (κ2) is 12.5. The molecule has 202 valence electrons. The van der Waals surface area contributed by atoms with Crippen molar-refractivity contribution in [1.82, 2.24) is 4.98 Å². The molecule has 13 heteroatoms. The van der Waals surface area contributed by atoms with Crippen molar-refractivity contribution >= 4 is 45.0 Å². The van der Waals surface area contributed by atoms with Crippen molar-refractivity contribution in [2.75, 3.05) is 36.8 Å². The Morgan fingerprint density at radius 1 is 1.08 bits per heavy atom. The number of nitrogens with two attached hydrogens (primary N) is 1. The van der Waals surface area contributed by atoms with E-state index in [4.69, 9.17) is 10.2 Å². The maximum absolute atomic E-state index is 13.1. The van der Waals surface area contributed by atoms with Gasteiger partial charge in [0.05, 0.1) is 41.3 Å². The van der Waals surface area contributed by atoms with Crippen LogP contribution in [0.4, 0.5) is 11.5 Å². The third-order valence-corrected chi connectivity index (χ3v) is 6.96. The van der Waals surface area contributed by atoms with E-state index >= 15 is 0 Å². The van der Waals surface area contributed by atoms with Crippen LogP contribution in [0.5, 0.6) is 0 Å². The van der Waals surface area contributed by atoms with Gasteiger partial charge >= 0.3 is 11.9 Å². The lowest BCUT2D eigenvalue weighted by Crippen LogP contribution is -2.26. The summed E-state index contributed by atoms with van der Waals surface area (Å²) in [6, 6.07) is 9.67. The highest BCUT2D eigenvalue weighted by Gasteiger charge is 2.23. The minimum absolute atomic E-state index is 0.0154. The predicted molar refractivity (Wildman–Crippen MR) is 141 cm³/mol. The number of aromatic nitrogens is 1. The van der Waals surface area contributed by atoms with Crippen LogP contribution in [0.3, 0.4) is 0 Å². The van der Waals surface area contributed by atoms with Crippen molar-refractivity contribution in [3.63, 3.8) is 0 Å². The number of hydrogen-bond acceptors (Lipinski definition) is 10. The summed E-state index contributed by atoms with van der Waals surface area (Å²) in [5.74, 6) is 1.07. The van der Waals surface area contributed by atoms with Crippen LogP contribution in [0.1, 0.15) is 37.6 Å². The van der Waals surface area contributed by atoms with E-state index in [0.29, 0.717) is 16.8 Å². The van der Waals surface area contributed by atoms with Gasteiger partial charge in [-0.15, -0.1) is 0 Å². The molecular formula is C26H24N4O8S. The number of pyridine rings is 1. The number of methoxy groups -OCH3 is 2. The molecule has 0 saturated carbocycles. The van der Waals surface area contributed by atoms with E-state index < -0.39 is 45.0 Å². The standard InChI is InChI=1S/C26H24N4O8S/c1-16-9-10-38-23(16)26(34)29-20-6-4-5-17(11-20)7-8-18-12-19(13-28-24(18)27)25(33)30-39(35,14-21(31)36-2)15-22(32)37-3/h4-6,9-13H,14-15H2,1-3H3,(H2,27,28)(H,29,34). The van der Waals surface area contributed by atoms with E-state index in [-0.39, 0.29) is 22.7 Å². The van der Waals surface area contributed by atoms with Gasteiger partial charge < -0.3 is 24.9 Å². The molecule has 0 radical (unpaired) electrons. The first-order chi connectivity index (χ1) is 18.5. The fourth-order valence-electron chi connectivity index (χ4n) is 3.11. The Hall–Kier alpha value is -4.96. The normalized spacial score (nSPS) is 10.5. The van der Waals surface area contributed by atoms with Gasteiger partial charge in [-0.05, 0) is 37.3 Å². The van der Waals surface area contributed by atoms with Crippen molar-refractivity contribution in [2.24, 2.45) is 4.36 Å². The fourth-order valence-corrected chi connectivity index (χ4v) is 4.72. The molecule has 0 spiro atoms. The molecule has 0 aliphatic heterocycles. The number of benzene rings is 1. The average Bonchev–Trinajstić information content (AvgIpc) is 3.33. The van der Waals surface area contributed by atoms with Crippen LogP contribution < -0.4 is 11.1 Å². The first-order valence-corrected chi connectivity index (χ1v) is 13.0. The quantitative estimate of drug-likeness (QED) is 0.326. The second-order valence-electron chi connectivity index (χ2n) is 7.98. The van der Waals surface area contributed by atoms with E-state index in [1.165, 1.54) is 12.3 Å². The fraction of sp³-hybridized carbons (Fsp3) is 0.192. The van der Waals surface area contributed by atoms with Crippen LogP contribution in [-0.4, -0.2) is 58.7 Å². The van der Waals surface area contributed by atoms with E-state index in [1.54, 1.807) is 37.3 Å². The Kier molecular flexibility index (Phi) is 9.19. The zero-order valence-corrected chi connectivity index (χ0v) is 22.0. The number of rotatable bonds is 7. The van der Waals surface area contributed by atoms with E-state index in [0.717, 1.165) is 20.4 Å². The number of carbonyl (C=O) groups is 4. The molecule has 0 fully saturated rings. The first-order valence-electron chi connectivity index (χ1n) is 11.2. The van der Waals surface area contributed by atoms with E-state index in [2.05, 4.69) is 36.0 Å². The summed E-state index contributed by atoms with van der Waals surface area (Å²) in [6.07, 6.45) is 2.53. The third kappa shape index (κ3) is 7.76. The number of anilines is 2. The summed E-state index contributed by atoms with van der Waals surface area (Å²) in [7, 11) is -1.54. The van der Waals surface area contributed by atoms with Gasteiger partial charge in [-0.2, -0.15) is 4.36 Å². The number of nitrogens with one attached hydrogen (secondary N) is 1. The Bertz CT molecular complexity index is 1600. The summed E-state index contributed by atoms with van der Waals surface area (Å²) in [5.41, 5.74) is 7.65. The Morgan fingerprint density at radius 2 is 1.77 bits per heavy atom. The molecule has 2 heterocycles. The van der Waals surface area contributed by atoms with Gasteiger partial charge in [0.15, 0.2) is 5.76 Å². The van der Waals surface area contributed by atoms with Crippen LogP contribution >= 0.6 is 0 Å². The van der Waals surface area contributed by atoms with Gasteiger partial charge in [0.2, 0.25) is 0 Å². The average molecular weight is 553 g/mol. The second-order valence-corrected chi connectivity index (χ2v) is 10.3. The minimum Gasteiger partial charge on any atom is -0.468 e. The summed E-state index contributed by atoms with van der Waals surface area (Å²) in [4.78, 5) is 52.5. The molecule has 0 unspecified atom stereocenters. The maximum Gasteiger partial charge on any atom is 0.319 e. The zero-order valence-electron chi connectivity index (χ0n) is 21.2. The highest BCUT2D eigenvalue weighted by molar-refractivity contribution is 7.95. The van der Waals surface area contributed by atoms with Gasteiger partial charge in [-0.1, -0.05) is 17.9 Å². The van der Waals surface area contributed by atoms with Gasteiger partial charge in [0, 0.05) is 23.0 Å². The van der Waals surface area contributed by atoms with Crippen molar-refractivity contribution < 1.29 is 37.3 Å². The van der Waals surface area contributed by atoms with E-state index in [9.17, 15) is 23.4 Å². The zero-order chi connectivity index (χ0) is 28.6. The highest BCUT2D eigenvalue weighted by Crippen LogP contribution is 2.16. The molecule has 0 aliphatic carbocycles. The molecule has 2 aromatic heterocycles. The number of hydrogen-bond donors (Lipinski definition) is 2. The molecule has 0 aliphatic rings. The molecule has 3 rings (SSSR count). The number of amides is 2. The molecule has 0 saturated heterocycles. The molecule has 0 atom stereocenters. The van der Waals surface area contributed by atoms with Gasteiger partial charge in [0.25, 0.3) is 11.8 Å². The lowest BCUT2D eigenvalue weighted by molar-refractivity contribution is -0.137. The molecule has 3 aromatic rings. The van der Waals surface area contributed by atoms with Crippen molar-refractivity contribution in [3.05, 3.63) is 76.9 Å². The molecule has 1 aromatic carbocycles. The van der Waals surface area contributed by atoms with Crippen molar-refractivity contribution in [3.8, 4) is 11.8 Å². The maximum atomic E-state index is 13.1. The SMILES string of the molecule is COC(=O)CS(=O)(CC(=O)OC)=NC(=O)c1cnc(N)c(C#Cc2cccc(NC(=O)c3occc3C)c2)c1. The number of esters is 2. The van der Waals surface area contributed by atoms with Crippen molar-refractivity contribution in [2.45, 2.75) is 6.92 Å². The number of aryl methyl sites for hydroxylation is 1. The van der Waals surface area contributed by atoms with Gasteiger partial charge in [0.1, 0.15) is 17.3 Å². The summed E-state index contributed by atoms with van der Waals surface area (Å²) >= 11 is 0. The van der Waals surface area contributed by atoms with Crippen LogP contribution in [-0.2, 0) is 28.8 Å². The number of ether oxygens (including phenoxy) is 2. The molecule has 39 heavy (non-hydrogen) atoms. The smallest absolute Gasteiger partial charge is 0.319 e. The monoisotopic (exact) mass is 552 g/mol. The minimum atomic E-state index is -3.68. The largest absolute Gasteiger partial charge is 0.468 e. The van der Waals surface area contributed by atoms with Crippen LogP contribution in [0, 0.1) is 18.8 Å². The summed E-state index contributed by atoms with van der Waals surface area (Å²) in [5, 5.41) is 2.73. The highest BCUT2D eigenvalue weighted by atomic mass is 32.2. The summed E-state index contributed by atoms with van der Waals surface area (Å²) < 4.78 is 30.9. The Morgan fingerprint density at radius 3 is 2.38 bits per heavy atom. The molecular weight excluding hydrogens is 528 g/mol. The van der Waals surface area contributed by atoms with Crippen LogP contribution in [0.2, 0.25) is 0 Å². The van der Waals surface area contributed by atoms with Gasteiger partial charge in [-0.25, -0.2) is 9.19 Å². The Labute approximate surface area is 224 Å². The molecule has 0 bridgehead atoms. The van der Waals surface area contributed by atoms with Gasteiger partial charge in [-0.3, -0.25) is 19.2 Å². The number of furan rings is 1. The van der Waals surface area contributed by atoms with E-state index in [1.807, 2.05) is 0 Å². The summed E-state index contributed by atoms with van der Waals surface area (Å²) in [6.45, 7) is 1.75. The number of carbonyl (C=O) groups excluding carboxylic acids is 4. The topological polar surface area (TPSA) is 180 Å². The lowest BCUT2D eigenvalue weighted by Gasteiger charge is -2.08. The van der Waals surface area contributed by atoms with Crippen LogP contribution in [0.25, 0.3) is 0 Å². The molecule has 12 nitrogen and oxygen atoms in total. The van der Waals surface area contributed by atoms with Crippen LogP contribution in [0.15, 0.2) is 57.6 Å². The number of nitrogen functional groups attached to an aromatic ring is 1. The third-order valence-electron chi connectivity index (χ3n) is 5.09. The molecule has 2 amide bonds. The Balaban J connectivity index is 1.87. The first kappa shape index (κ1) is 28.6.